The molecule has 0 spiro atoms. The summed E-state index contributed by atoms with van der Waals surface area (Å²) in [5.74, 6) is 0.165. The molecule has 0 amide bonds. The van der Waals surface area contributed by atoms with E-state index in [1.807, 2.05) is 32.9 Å². The highest BCUT2D eigenvalue weighted by Crippen LogP contribution is 2.24. The molecule has 1 aliphatic rings. The lowest BCUT2D eigenvalue weighted by Crippen LogP contribution is -2.29. The summed E-state index contributed by atoms with van der Waals surface area (Å²) < 4.78 is 16.8. The van der Waals surface area contributed by atoms with Crippen molar-refractivity contribution in [1.82, 2.24) is 9.66 Å². The summed E-state index contributed by atoms with van der Waals surface area (Å²) in [5.41, 5.74) is 1.12. The molecule has 1 fully saturated rings. The van der Waals surface area contributed by atoms with Gasteiger partial charge in [-0.3, -0.25) is 4.79 Å². The lowest BCUT2D eigenvalue weighted by molar-refractivity contribution is 0.506. The Morgan fingerprint density at radius 2 is 1.87 bits per heavy atom. The van der Waals surface area contributed by atoms with E-state index < -0.39 is 5.41 Å². The third-order valence-corrected chi connectivity index (χ3v) is 5.74. The number of hydrogen-bond donors (Lipinski definition) is 0. The molecule has 0 saturated carbocycles. The fourth-order valence-corrected chi connectivity index (χ4v) is 4.02. The van der Waals surface area contributed by atoms with E-state index in [-0.39, 0.29) is 11.4 Å². The summed E-state index contributed by atoms with van der Waals surface area (Å²) >= 11 is 3.40. The standard InChI is InChI=1S/C23H24BrFN4O/c1-23(2,3)22-27-20-9-7-16(24)12-18(20)21(30)29(22)26-14-15-6-8-17(13-19(15)25)28-10-4-5-11-28/h6-9,12-14H,4-5,10-11H2,1-3H3. The third kappa shape index (κ3) is 4.03. The quantitative estimate of drug-likeness (QED) is 0.501. The molecule has 30 heavy (non-hydrogen) atoms. The number of benzene rings is 2. The zero-order chi connectivity index (χ0) is 21.5. The molecule has 0 bridgehead atoms. The second-order valence-electron chi connectivity index (χ2n) is 8.61. The van der Waals surface area contributed by atoms with E-state index in [2.05, 4.69) is 30.9 Å². The number of hydrogen-bond acceptors (Lipinski definition) is 4. The molecule has 7 heteroatoms. The minimum atomic E-state index is -0.421. The van der Waals surface area contributed by atoms with Crippen LogP contribution in [0, 0.1) is 5.82 Å². The van der Waals surface area contributed by atoms with Crippen LogP contribution < -0.4 is 10.5 Å². The molecular weight excluding hydrogens is 447 g/mol. The molecule has 0 radical (unpaired) electrons. The van der Waals surface area contributed by atoms with Crippen molar-refractivity contribution < 1.29 is 4.39 Å². The molecule has 1 aromatic heterocycles. The first-order valence-electron chi connectivity index (χ1n) is 10.1. The lowest BCUT2D eigenvalue weighted by atomic mass is 9.95. The molecular formula is C23H24BrFN4O. The Kier molecular flexibility index (Phi) is 5.49. The van der Waals surface area contributed by atoms with Gasteiger partial charge >= 0.3 is 0 Å². The van der Waals surface area contributed by atoms with Gasteiger partial charge in [0.25, 0.3) is 5.56 Å². The van der Waals surface area contributed by atoms with Crippen LogP contribution in [0.4, 0.5) is 10.1 Å². The monoisotopic (exact) mass is 470 g/mol. The van der Waals surface area contributed by atoms with E-state index in [0.29, 0.717) is 22.3 Å². The van der Waals surface area contributed by atoms with Crippen LogP contribution in [0.2, 0.25) is 0 Å². The molecule has 1 aliphatic heterocycles. The molecule has 156 valence electrons. The van der Waals surface area contributed by atoms with Crippen LogP contribution in [0.3, 0.4) is 0 Å². The van der Waals surface area contributed by atoms with E-state index in [1.165, 1.54) is 17.0 Å². The largest absolute Gasteiger partial charge is 0.371 e. The number of nitrogens with zero attached hydrogens (tertiary/aromatic N) is 4. The maximum Gasteiger partial charge on any atom is 0.282 e. The second-order valence-corrected chi connectivity index (χ2v) is 9.52. The van der Waals surface area contributed by atoms with Crippen molar-refractivity contribution in [2.45, 2.75) is 39.0 Å². The molecule has 3 aromatic rings. The summed E-state index contributed by atoms with van der Waals surface area (Å²) in [5, 5.41) is 4.82. The van der Waals surface area contributed by atoms with Gasteiger partial charge in [-0.2, -0.15) is 9.78 Å². The lowest BCUT2D eigenvalue weighted by Gasteiger charge is -2.21. The average molecular weight is 471 g/mol. The van der Waals surface area contributed by atoms with E-state index >= 15 is 0 Å². The van der Waals surface area contributed by atoms with Crippen molar-refractivity contribution >= 4 is 38.7 Å². The Morgan fingerprint density at radius 3 is 2.53 bits per heavy atom. The van der Waals surface area contributed by atoms with E-state index in [1.54, 1.807) is 18.2 Å². The number of aromatic nitrogens is 2. The predicted molar refractivity (Wildman–Crippen MR) is 123 cm³/mol. The highest BCUT2D eigenvalue weighted by molar-refractivity contribution is 9.10. The van der Waals surface area contributed by atoms with Gasteiger partial charge in [0.1, 0.15) is 11.6 Å². The maximum absolute atomic E-state index is 14.7. The Labute approximate surface area is 183 Å². The third-order valence-electron chi connectivity index (χ3n) is 5.25. The Hall–Kier alpha value is -2.54. The van der Waals surface area contributed by atoms with Gasteiger partial charge in [-0.05, 0) is 49.2 Å². The minimum absolute atomic E-state index is 0.281. The molecule has 4 rings (SSSR count). The smallest absolute Gasteiger partial charge is 0.282 e. The van der Waals surface area contributed by atoms with Crippen LogP contribution in [0.5, 0.6) is 0 Å². The SMILES string of the molecule is CC(C)(C)c1nc2ccc(Br)cc2c(=O)n1N=Cc1ccc(N2CCCC2)cc1F. The molecule has 2 aromatic carbocycles. The van der Waals surface area contributed by atoms with Crippen LogP contribution in [0.1, 0.15) is 45.0 Å². The number of anilines is 1. The predicted octanol–water partition coefficient (Wildman–Crippen LogP) is 5.08. The maximum atomic E-state index is 14.7. The van der Waals surface area contributed by atoms with Gasteiger partial charge in [-0.1, -0.05) is 36.7 Å². The van der Waals surface area contributed by atoms with Crippen molar-refractivity contribution in [3.63, 3.8) is 0 Å². The molecule has 0 unspecified atom stereocenters. The number of fused-ring (bicyclic) bond motifs is 1. The normalized spacial score (nSPS) is 14.9. The van der Waals surface area contributed by atoms with Crippen LogP contribution in [0.15, 0.2) is 50.8 Å². The fraction of sp³-hybridized carbons (Fsp3) is 0.348. The molecule has 0 N–H and O–H groups in total. The first kappa shape index (κ1) is 20.7. The Morgan fingerprint density at radius 1 is 1.13 bits per heavy atom. The van der Waals surface area contributed by atoms with Gasteiger partial charge in [0, 0.05) is 34.2 Å². The summed E-state index contributed by atoms with van der Waals surface area (Å²) in [7, 11) is 0. The number of halogens is 2. The van der Waals surface area contributed by atoms with Crippen LogP contribution in [-0.2, 0) is 5.41 Å². The van der Waals surface area contributed by atoms with Crippen LogP contribution in [-0.4, -0.2) is 29.0 Å². The summed E-state index contributed by atoms with van der Waals surface area (Å²) in [6, 6.07) is 10.5. The van der Waals surface area contributed by atoms with Crippen LogP contribution in [0.25, 0.3) is 10.9 Å². The van der Waals surface area contributed by atoms with Crippen molar-refractivity contribution in [2.24, 2.45) is 5.10 Å². The van der Waals surface area contributed by atoms with Gasteiger partial charge in [0.15, 0.2) is 0 Å². The number of rotatable bonds is 3. The topological polar surface area (TPSA) is 50.5 Å². The molecule has 0 aliphatic carbocycles. The highest BCUT2D eigenvalue weighted by Gasteiger charge is 2.23. The molecule has 1 saturated heterocycles. The summed E-state index contributed by atoms with van der Waals surface area (Å²) in [4.78, 5) is 20.0. The van der Waals surface area contributed by atoms with E-state index in [4.69, 9.17) is 0 Å². The second kappa shape index (κ2) is 7.95. The average Bonchev–Trinajstić information content (AvgIpc) is 3.22. The van der Waals surface area contributed by atoms with Crippen molar-refractivity contribution in [3.05, 3.63) is 68.4 Å². The van der Waals surface area contributed by atoms with Gasteiger partial charge in [0.2, 0.25) is 0 Å². The molecule has 0 atom stereocenters. The van der Waals surface area contributed by atoms with E-state index in [0.717, 1.165) is 36.1 Å². The zero-order valence-corrected chi connectivity index (χ0v) is 18.9. The van der Waals surface area contributed by atoms with Crippen LogP contribution >= 0.6 is 15.9 Å². The van der Waals surface area contributed by atoms with Gasteiger partial charge in [0.05, 0.1) is 17.1 Å². The zero-order valence-electron chi connectivity index (χ0n) is 17.3. The van der Waals surface area contributed by atoms with Gasteiger partial charge in [-0.25, -0.2) is 9.37 Å². The van der Waals surface area contributed by atoms with Gasteiger partial charge < -0.3 is 4.90 Å². The fourth-order valence-electron chi connectivity index (χ4n) is 3.65. The molecule has 2 heterocycles. The first-order chi connectivity index (χ1) is 14.2. The highest BCUT2D eigenvalue weighted by atomic mass is 79.9. The van der Waals surface area contributed by atoms with Crippen molar-refractivity contribution in [2.75, 3.05) is 18.0 Å². The first-order valence-corrected chi connectivity index (χ1v) is 10.8. The minimum Gasteiger partial charge on any atom is -0.371 e. The van der Waals surface area contributed by atoms with E-state index in [9.17, 15) is 9.18 Å². The Balaban J connectivity index is 1.78. The van der Waals surface area contributed by atoms with Crippen molar-refractivity contribution in [3.8, 4) is 0 Å². The summed E-state index contributed by atoms with van der Waals surface area (Å²) in [6.45, 7) is 7.82. The molecule has 5 nitrogen and oxygen atoms in total. The summed E-state index contributed by atoms with van der Waals surface area (Å²) in [6.07, 6.45) is 3.66. The Bertz CT molecular complexity index is 1190. The van der Waals surface area contributed by atoms with Crippen molar-refractivity contribution in [1.29, 1.82) is 0 Å². The van der Waals surface area contributed by atoms with Gasteiger partial charge in [-0.15, -0.1) is 0 Å².